The lowest BCUT2D eigenvalue weighted by atomic mass is 9.98. The van der Waals surface area contributed by atoms with E-state index in [1.807, 2.05) is 0 Å². The first-order chi connectivity index (χ1) is 8.25. The minimum Gasteiger partial charge on any atom is -0.0765 e. The van der Waals surface area contributed by atoms with Gasteiger partial charge in [0.15, 0.2) is 0 Å². The van der Waals surface area contributed by atoms with E-state index in [1.54, 1.807) is 0 Å². The maximum Gasteiger partial charge on any atom is 0.0222 e. The summed E-state index contributed by atoms with van der Waals surface area (Å²) in [5, 5.41) is 0. The molecule has 0 amide bonds. The van der Waals surface area contributed by atoms with Gasteiger partial charge in [0.05, 0.1) is 0 Å². The summed E-state index contributed by atoms with van der Waals surface area (Å²) in [5.74, 6) is 0. The summed E-state index contributed by atoms with van der Waals surface area (Å²) >= 11 is 3.69. The second kappa shape index (κ2) is 4.15. The summed E-state index contributed by atoms with van der Waals surface area (Å²) in [6, 6.07) is 15.1. The van der Waals surface area contributed by atoms with Crippen molar-refractivity contribution in [3.8, 4) is 11.1 Å². The molecule has 0 saturated carbocycles. The molecule has 17 heavy (non-hydrogen) atoms. The van der Waals surface area contributed by atoms with Gasteiger partial charge in [-0.15, -0.1) is 0 Å². The molecule has 0 fully saturated rings. The molecule has 0 aliphatic heterocycles. The molecular formula is C16H13Br. The van der Waals surface area contributed by atoms with Gasteiger partial charge >= 0.3 is 0 Å². The van der Waals surface area contributed by atoms with Crippen molar-refractivity contribution in [2.75, 3.05) is 0 Å². The van der Waals surface area contributed by atoms with E-state index in [0.717, 1.165) is 6.42 Å². The molecule has 1 aliphatic rings. The Labute approximate surface area is 110 Å². The number of fused-ring (bicyclic) bond motifs is 1. The topological polar surface area (TPSA) is 0 Å². The van der Waals surface area contributed by atoms with Crippen molar-refractivity contribution in [3.63, 3.8) is 0 Å². The maximum atomic E-state index is 3.69. The van der Waals surface area contributed by atoms with Crippen LogP contribution in [-0.2, 0) is 6.42 Å². The first-order valence-electron chi connectivity index (χ1n) is 5.80. The van der Waals surface area contributed by atoms with Crippen LogP contribution >= 0.6 is 15.9 Å². The van der Waals surface area contributed by atoms with Gasteiger partial charge in [0, 0.05) is 4.47 Å². The highest BCUT2D eigenvalue weighted by molar-refractivity contribution is 9.10. The van der Waals surface area contributed by atoms with Gasteiger partial charge in [-0.05, 0) is 53.3 Å². The lowest BCUT2D eigenvalue weighted by molar-refractivity contribution is 1.29. The summed E-state index contributed by atoms with van der Waals surface area (Å²) in [4.78, 5) is 0. The van der Waals surface area contributed by atoms with E-state index < -0.39 is 0 Å². The molecule has 0 unspecified atom stereocenters. The van der Waals surface area contributed by atoms with Crippen LogP contribution in [0.25, 0.3) is 16.7 Å². The fourth-order valence-electron chi connectivity index (χ4n) is 2.36. The molecule has 0 saturated heterocycles. The van der Waals surface area contributed by atoms with E-state index in [2.05, 4.69) is 71.4 Å². The molecule has 1 heteroatoms. The summed E-state index contributed by atoms with van der Waals surface area (Å²) in [5.41, 5.74) is 6.75. The van der Waals surface area contributed by atoms with Crippen LogP contribution in [0.15, 0.2) is 53.0 Å². The van der Waals surface area contributed by atoms with Crippen LogP contribution in [0.2, 0.25) is 0 Å². The van der Waals surface area contributed by atoms with Crippen LogP contribution < -0.4 is 0 Å². The van der Waals surface area contributed by atoms with Crippen LogP contribution in [0.5, 0.6) is 0 Å². The quantitative estimate of drug-likeness (QED) is 0.685. The largest absolute Gasteiger partial charge is 0.0765 e. The Morgan fingerprint density at radius 1 is 1.00 bits per heavy atom. The molecule has 0 heterocycles. The van der Waals surface area contributed by atoms with E-state index in [9.17, 15) is 0 Å². The summed E-state index contributed by atoms with van der Waals surface area (Å²) in [7, 11) is 0. The standard InChI is InChI=1S/C16H13Br/c1-11-7-8-14-15(11)9-13(10-16(14)17)12-5-3-2-4-6-12/h2-7,9-10H,8H2,1H3. The van der Waals surface area contributed by atoms with E-state index in [0.29, 0.717) is 0 Å². The zero-order chi connectivity index (χ0) is 11.8. The fourth-order valence-corrected chi connectivity index (χ4v) is 2.98. The van der Waals surface area contributed by atoms with Crippen molar-refractivity contribution in [2.45, 2.75) is 13.3 Å². The van der Waals surface area contributed by atoms with Gasteiger partial charge in [-0.3, -0.25) is 0 Å². The highest BCUT2D eigenvalue weighted by Crippen LogP contribution is 2.36. The Morgan fingerprint density at radius 2 is 1.76 bits per heavy atom. The van der Waals surface area contributed by atoms with Crippen molar-refractivity contribution in [1.29, 1.82) is 0 Å². The minimum atomic E-state index is 1.05. The van der Waals surface area contributed by atoms with E-state index in [-0.39, 0.29) is 0 Å². The SMILES string of the molecule is CC1=CCc2c(Br)cc(-c3ccccc3)cc21. The van der Waals surface area contributed by atoms with Gasteiger partial charge in [-0.1, -0.05) is 52.3 Å². The molecule has 84 valence electrons. The predicted octanol–water partition coefficient (Wildman–Crippen LogP) is 5.08. The van der Waals surface area contributed by atoms with Crippen molar-refractivity contribution in [1.82, 2.24) is 0 Å². The van der Waals surface area contributed by atoms with Crippen LogP contribution in [0.1, 0.15) is 18.1 Å². The predicted molar refractivity (Wildman–Crippen MR) is 76.9 cm³/mol. The number of allylic oxidation sites excluding steroid dienone is 2. The molecule has 0 bridgehead atoms. The van der Waals surface area contributed by atoms with Crippen LogP contribution in [0.3, 0.4) is 0 Å². The zero-order valence-corrected chi connectivity index (χ0v) is 11.3. The van der Waals surface area contributed by atoms with Gasteiger partial charge in [0.1, 0.15) is 0 Å². The highest BCUT2D eigenvalue weighted by Gasteiger charge is 2.15. The molecule has 0 atom stereocenters. The Kier molecular flexibility index (Phi) is 2.64. The number of rotatable bonds is 1. The second-order valence-electron chi connectivity index (χ2n) is 4.44. The number of hydrogen-bond acceptors (Lipinski definition) is 0. The molecule has 0 spiro atoms. The third kappa shape index (κ3) is 1.85. The Balaban J connectivity index is 2.18. The Hall–Kier alpha value is -1.34. The first kappa shape index (κ1) is 10.8. The van der Waals surface area contributed by atoms with Crippen molar-refractivity contribution < 1.29 is 0 Å². The molecule has 0 radical (unpaired) electrons. The maximum absolute atomic E-state index is 3.69. The van der Waals surface area contributed by atoms with Gasteiger partial charge in [0.25, 0.3) is 0 Å². The molecule has 2 aromatic rings. The van der Waals surface area contributed by atoms with E-state index in [1.165, 1.54) is 32.3 Å². The Bertz CT molecular complexity index is 594. The monoisotopic (exact) mass is 284 g/mol. The lowest BCUT2D eigenvalue weighted by Crippen LogP contribution is -1.88. The average Bonchev–Trinajstić information content (AvgIpc) is 2.73. The number of hydrogen-bond donors (Lipinski definition) is 0. The molecule has 3 rings (SSSR count). The van der Waals surface area contributed by atoms with Gasteiger partial charge < -0.3 is 0 Å². The van der Waals surface area contributed by atoms with Gasteiger partial charge in [0.2, 0.25) is 0 Å². The van der Waals surface area contributed by atoms with Crippen molar-refractivity contribution in [3.05, 3.63) is 64.1 Å². The van der Waals surface area contributed by atoms with Crippen LogP contribution in [0, 0.1) is 0 Å². The summed E-state index contributed by atoms with van der Waals surface area (Å²) in [6.45, 7) is 2.19. The molecule has 0 N–H and O–H groups in total. The fraction of sp³-hybridized carbons (Fsp3) is 0.125. The minimum absolute atomic E-state index is 1.05. The van der Waals surface area contributed by atoms with Crippen LogP contribution in [-0.4, -0.2) is 0 Å². The Morgan fingerprint density at radius 3 is 2.53 bits per heavy atom. The molecule has 1 aliphatic carbocycles. The van der Waals surface area contributed by atoms with Gasteiger partial charge in [-0.2, -0.15) is 0 Å². The molecule has 0 nitrogen and oxygen atoms in total. The normalized spacial score (nSPS) is 13.4. The van der Waals surface area contributed by atoms with Gasteiger partial charge in [-0.25, -0.2) is 0 Å². The van der Waals surface area contributed by atoms with Crippen molar-refractivity contribution >= 4 is 21.5 Å². The second-order valence-corrected chi connectivity index (χ2v) is 5.30. The number of benzene rings is 2. The average molecular weight is 285 g/mol. The smallest absolute Gasteiger partial charge is 0.0222 e. The van der Waals surface area contributed by atoms with Crippen molar-refractivity contribution in [2.24, 2.45) is 0 Å². The molecule has 2 aromatic carbocycles. The van der Waals surface area contributed by atoms with E-state index in [4.69, 9.17) is 0 Å². The lowest BCUT2D eigenvalue weighted by Gasteiger charge is -2.09. The van der Waals surface area contributed by atoms with E-state index >= 15 is 0 Å². The number of halogens is 1. The summed E-state index contributed by atoms with van der Waals surface area (Å²) in [6.07, 6.45) is 3.35. The third-order valence-electron chi connectivity index (χ3n) is 3.34. The zero-order valence-electron chi connectivity index (χ0n) is 9.70. The van der Waals surface area contributed by atoms with Crippen LogP contribution in [0.4, 0.5) is 0 Å². The molecule has 0 aromatic heterocycles. The third-order valence-corrected chi connectivity index (χ3v) is 4.05. The summed E-state index contributed by atoms with van der Waals surface area (Å²) < 4.78 is 1.22. The highest BCUT2D eigenvalue weighted by atomic mass is 79.9. The first-order valence-corrected chi connectivity index (χ1v) is 6.60. The molecular weight excluding hydrogens is 272 g/mol.